The summed E-state index contributed by atoms with van der Waals surface area (Å²) in [6, 6.07) is 5.49. The van der Waals surface area contributed by atoms with Crippen LogP contribution in [0.2, 0.25) is 0 Å². The van der Waals surface area contributed by atoms with Crippen molar-refractivity contribution in [3.05, 3.63) is 23.8 Å². The number of hydrogen-bond acceptors (Lipinski definition) is 4. The molecule has 5 nitrogen and oxygen atoms in total. The molecule has 1 fully saturated rings. The summed E-state index contributed by atoms with van der Waals surface area (Å²) in [5, 5.41) is 3.28. The summed E-state index contributed by atoms with van der Waals surface area (Å²) < 4.78 is 10.9. The second kappa shape index (κ2) is 5.67. The van der Waals surface area contributed by atoms with Gasteiger partial charge in [0.15, 0.2) is 0 Å². The van der Waals surface area contributed by atoms with Crippen LogP contribution in [0.5, 0.6) is 11.5 Å². The minimum atomic E-state index is 0. The van der Waals surface area contributed by atoms with Crippen LogP contribution in [0, 0.1) is 0 Å². The van der Waals surface area contributed by atoms with Crippen molar-refractivity contribution in [2.45, 2.75) is 6.04 Å². The number of carbonyl (C=O) groups excluding carboxylic acids is 1. The van der Waals surface area contributed by atoms with Crippen LogP contribution in [-0.2, 0) is 0 Å². The van der Waals surface area contributed by atoms with Gasteiger partial charge in [-0.15, -0.1) is 12.4 Å². The zero-order valence-corrected chi connectivity index (χ0v) is 11.5. The molecule has 19 heavy (non-hydrogen) atoms. The second-order valence-corrected chi connectivity index (χ2v) is 4.53. The molecule has 2 aliphatic rings. The molecular formula is C13H17ClN2O3. The predicted molar refractivity (Wildman–Crippen MR) is 73.4 cm³/mol. The Kier molecular flexibility index (Phi) is 4.17. The predicted octanol–water partition coefficient (Wildman–Crippen LogP) is 0.923. The van der Waals surface area contributed by atoms with Crippen molar-refractivity contribution in [1.82, 2.24) is 10.2 Å². The van der Waals surface area contributed by atoms with Crippen LogP contribution >= 0.6 is 12.4 Å². The number of rotatable bonds is 1. The highest BCUT2D eigenvalue weighted by molar-refractivity contribution is 5.98. The number of benzene rings is 1. The monoisotopic (exact) mass is 284 g/mol. The fourth-order valence-electron chi connectivity index (χ4n) is 2.45. The SMILES string of the molecule is COc1ccc2c(c1)C(=O)N1CCNCC1CO2.Cl. The molecule has 1 saturated heterocycles. The van der Waals surface area contributed by atoms with Crippen LogP contribution in [0.15, 0.2) is 18.2 Å². The number of ether oxygens (including phenoxy) is 2. The van der Waals surface area contributed by atoms with Crippen molar-refractivity contribution >= 4 is 18.3 Å². The van der Waals surface area contributed by atoms with Crippen molar-refractivity contribution < 1.29 is 14.3 Å². The number of halogens is 1. The molecule has 3 rings (SSSR count). The van der Waals surface area contributed by atoms with Crippen LogP contribution in [0.4, 0.5) is 0 Å². The number of nitrogens with zero attached hydrogens (tertiary/aromatic N) is 1. The molecule has 0 spiro atoms. The third-order valence-corrected chi connectivity index (χ3v) is 3.46. The Hall–Kier alpha value is -1.46. The summed E-state index contributed by atoms with van der Waals surface area (Å²) in [4.78, 5) is 14.4. The van der Waals surface area contributed by atoms with Gasteiger partial charge < -0.3 is 19.7 Å². The van der Waals surface area contributed by atoms with E-state index in [-0.39, 0.29) is 24.4 Å². The van der Waals surface area contributed by atoms with Crippen molar-refractivity contribution in [3.63, 3.8) is 0 Å². The smallest absolute Gasteiger partial charge is 0.258 e. The first-order valence-corrected chi connectivity index (χ1v) is 6.12. The number of hydrogen-bond donors (Lipinski definition) is 1. The molecule has 1 N–H and O–H groups in total. The lowest BCUT2D eigenvalue weighted by atomic mass is 10.1. The highest BCUT2D eigenvalue weighted by atomic mass is 35.5. The highest BCUT2D eigenvalue weighted by Crippen LogP contribution is 2.29. The fraction of sp³-hybridized carbons (Fsp3) is 0.462. The Morgan fingerprint density at radius 1 is 1.47 bits per heavy atom. The number of amides is 1. The Morgan fingerprint density at radius 2 is 2.32 bits per heavy atom. The van der Waals surface area contributed by atoms with Crippen LogP contribution in [0.3, 0.4) is 0 Å². The zero-order chi connectivity index (χ0) is 12.5. The average molecular weight is 285 g/mol. The normalized spacial score (nSPS) is 21.4. The molecule has 2 aliphatic heterocycles. The van der Waals surface area contributed by atoms with Crippen molar-refractivity contribution in [2.24, 2.45) is 0 Å². The van der Waals surface area contributed by atoms with E-state index in [1.54, 1.807) is 19.2 Å². The molecule has 0 aromatic heterocycles. The van der Waals surface area contributed by atoms with E-state index in [0.29, 0.717) is 23.7 Å². The quantitative estimate of drug-likeness (QED) is 0.833. The van der Waals surface area contributed by atoms with Crippen molar-refractivity contribution in [1.29, 1.82) is 0 Å². The molecule has 1 atom stereocenters. The first-order valence-electron chi connectivity index (χ1n) is 6.12. The first kappa shape index (κ1) is 14.0. The van der Waals surface area contributed by atoms with Gasteiger partial charge in [0, 0.05) is 19.6 Å². The third kappa shape index (κ3) is 2.48. The van der Waals surface area contributed by atoms with Gasteiger partial charge in [-0.05, 0) is 18.2 Å². The maximum absolute atomic E-state index is 12.5. The van der Waals surface area contributed by atoms with E-state index < -0.39 is 0 Å². The van der Waals surface area contributed by atoms with E-state index in [1.807, 2.05) is 11.0 Å². The van der Waals surface area contributed by atoms with Gasteiger partial charge >= 0.3 is 0 Å². The van der Waals surface area contributed by atoms with Gasteiger partial charge in [-0.1, -0.05) is 0 Å². The minimum absolute atomic E-state index is 0. The molecule has 0 saturated carbocycles. The van der Waals surface area contributed by atoms with Gasteiger partial charge in [0.2, 0.25) is 0 Å². The standard InChI is InChI=1S/C13H16N2O3.ClH/c1-17-10-2-3-12-11(6-10)13(16)15-5-4-14-7-9(15)8-18-12;/h2-3,6,9,14H,4-5,7-8H2,1H3;1H. The fourth-order valence-corrected chi connectivity index (χ4v) is 2.45. The van der Waals surface area contributed by atoms with Gasteiger partial charge in [0.25, 0.3) is 5.91 Å². The largest absolute Gasteiger partial charge is 0.497 e. The number of nitrogens with one attached hydrogen (secondary N) is 1. The van der Waals surface area contributed by atoms with E-state index in [9.17, 15) is 4.79 Å². The van der Waals surface area contributed by atoms with Crippen molar-refractivity contribution in [2.75, 3.05) is 33.4 Å². The maximum atomic E-state index is 12.5. The Balaban J connectivity index is 0.00000133. The van der Waals surface area contributed by atoms with Crippen molar-refractivity contribution in [3.8, 4) is 11.5 Å². The van der Waals surface area contributed by atoms with Gasteiger partial charge in [-0.25, -0.2) is 0 Å². The molecule has 1 unspecified atom stereocenters. The average Bonchev–Trinajstić information content (AvgIpc) is 2.57. The molecule has 0 aliphatic carbocycles. The van der Waals surface area contributed by atoms with E-state index >= 15 is 0 Å². The summed E-state index contributed by atoms with van der Waals surface area (Å²) >= 11 is 0. The van der Waals surface area contributed by atoms with Gasteiger partial charge in [-0.3, -0.25) is 4.79 Å². The highest BCUT2D eigenvalue weighted by Gasteiger charge is 2.32. The molecule has 1 aromatic carbocycles. The van der Waals surface area contributed by atoms with Crippen LogP contribution < -0.4 is 14.8 Å². The molecule has 1 aromatic rings. The van der Waals surface area contributed by atoms with Crippen LogP contribution in [-0.4, -0.2) is 50.2 Å². The summed E-state index contributed by atoms with van der Waals surface area (Å²) in [7, 11) is 1.59. The number of methoxy groups -OCH3 is 1. The van der Waals surface area contributed by atoms with E-state index in [4.69, 9.17) is 9.47 Å². The second-order valence-electron chi connectivity index (χ2n) is 4.53. The topological polar surface area (TPSA) is 50.8 Å². The summed E-state index contributed by atoms with van der Waals surface area (Å²) in [6.45, 7) is 2.89. The van der Waals surface area contributed by atoms with Gasteiger partial charge in [-0.2, -0.15) is 0 Å². The Labute approximate surface area is 118 Å². The van der Waals surface area contributed by atoms with Crippen LogP contribution in [0.1, 0.15) is 10.4 Å². The van der Waals surface area contributed by atoms with E-state index in [2.05, 4.69) is 5.32 Å². The van der Waals surface area contributed by atoms with E-state index in [0.717, 1.165) is 19.6 Å². The number of piperazine rings is 1. The zero-order valence-electron chi connectivity index (χ0n) is 10.7. The molecule has 1 amide bonds. The molecule has 6 heteroatoms. The first-order chi connectivity index (χ1) is 8.79. The molecular weight excluding hydrogens is 268 g/mol. The number of carbonyl (C=O) groups is 1. The van der Waals surface area contributed by atoms with Crippen LogP contribution in [0.25, 0.3) is 0 Å². The number of fused-ring (bicyclic) bond motifs is 2. The lowest BCUT2D eigenvalue weighted by Crippen LogP contribution is -2.54. The molecule has 2 heterocycles. The lowest BCUT2D eigenvalue weighted by molar-refractivity contribution is 0.0606. The van der Waals surface area contributed by atoms with E-state index in [1.165, 1.54) is 0 Å². The molecule has 104 valence electrons. The minimum Gasteiger partial charge on any atom is -0.497 e. The third-order valence-electron chi connectivity index (χ3n) is 3.46. The Bertz CT molecular complexity index is 481. The Morgan fingerprint density at radius 3 is 3.11 bits per heavy atom. The van der Waals surface area contributed by atoms with Gasteiger partial charge in [0.1, 0.15) is 18.1 Å². The van der Waals surface area contributed by atoms with Gasteiger partial charge in [0.05, 0.1) is 18.7 Å². The maximum Gasteiger partial charge on any atom is 0.258 e. The molecule has 0 bridgehead atoms. The molecule has 0 radical (unpaired) electrons. The summed E-state index contributed by atoms with van der Waals surface area (Å²) in [5.74, 6) is 1.36. The lowest BCUT2D eigenvalue weighted by Gasteiger charge is -2.33. The summed E-state index contributed by atoms with van der Waals surface area (Å²) in [5.41, 5.74) is 0.596. The summed E-state index contributed by atoms with van der Waals surface area (Å²) in [6.07, 6.45) is 0.